The molecule has 7 nitrogen and oxygen atoms in total. The number of rotatable bonds is 2. The van der Waals surface area contributed by atoms with Crippen molar-refractivity contribution in [1.29, 1.82) is 0 Å². The minimum atomic E-state index is -0.758. The lowest BCUT2D eigenvalue weighted by Gasteiger charge is -2.64. The van der Waals surface area contributed by atoms with Crippen molar-refractivity contribution in [3.63, 3.8) is 0 Å². The Morgan fingerprint density at radius 2 is 1.86 bits per heavy atom. The number of esters is 1. The molecular weight excluding hydrogens is 468 g/mol. The van der Waals surface area contributed by atoms with E-state index in [0.29, 0.717) is 36.8 Å². The Hall–Kier alpha value is -1.60. The first-order valence-corrected chi connectivity index (χ1v) is 14.8. The SMILES string of the molecule is CN1CCCN(C(=O)O)C([C@H]2CC[C@@]3(C)[C@H](CC[C@@H]4[C@@H]3CC[C@]3(C)[C@@H](C5=CC(=O)OC5)CC[C@]43O)C2)C1. The molecule has 5 fully saturated rings. The van der Waals surface area contributed by atoms with E-state index in [9.17, 15) is 19.8 Å². The standard InChI is InChI=1S/C30H46N2O5/c1-28-10-7-19(25-17-31(3)13-4-14-32(25)27(34)35)15-21(28)5-6-24-23(28)8-11-29(2)22(9-12-30(24,29)36)20-16-26(33)37-18-20/h16,19,21-25,36H,4-15,17-18H2,1-3H3,(H,34,35)/t19-,21+,22+,23-,24+,25?,28-,29+,30-/m0/s1. The summed E-state index contributed by atoms with van der Waals surface area (Å²) in [6.45, 7) is 7.64. The number of amides is 1. The van der Waals surface area contributed by atoms with Gasteiger partial charge in [0, 0.05) is 24.6 Å². The van der Waals surface area contributed by atoms with Crippen LogP contribution in [0.2, 0.25) is 0 Å². The quantitative estimate of drug-likeness (QED) is 0.526. The predicted octanol–water partition coefficient (Wildman–Crippen LogP) is 4.54. The van der Waals surface area contributed by atoms with Crippen LogP contribution < -0.4 is 0 Å². The van der Waals surface area contributed by atoms with Crippen LogP contribution in [0.4, 0.5) is 4.79 Å². The number of aliphatic hydroxyl groups is 1. The fraction of sp³-hybridized carbons (Fsp3) is 0.867. The Morgan fingerprint density at radius 1 is 1.05 bits per heavy atom. The Bertz CT molecular complexity index is 983. The molecule has 0 aromatic heterocycles. The number of fused-ring (bicyclic) bond motifs is 5. The molecule has 2 heterocycles. The van der Waals surface area contributed by atoms with Crippen molar-refractivity contribution >= 4 is 12.1 Å². The van der Waals surface area contributed by atoms with Crippen LogP contribution in [0.1, 0.15) is 78.1 Å². The second kappa shape index (κ2) is 8.97. The summed E-state index contributed by atoms with van der Waals surface area (Å²) in [7, 11) is 2.13. The highest BCUT2D eigenvalue weighted by Gasteiger charge is 2.67. The molecule has 4 saturated carbocycles. The highest BCUT2D eigenvalue weighted by atomic mass is 16.5. The maximum atomic E-state index is 12.4. The maximum absolute atomic E-state index is 12.4. The Morgan fingerprint density at radius 3 is 2.59 bits per heavy atom. The van der Waals surface area contributed by atoms with E-state index in [1.165, 1.54) is 0 Å². The smallest absolute Gasteiger partial charge is 0.407 e. The Labute approximate surface area is 221 Å². The number of cyclic esters (lactones) is 1. The number of likely N-dealkylation sites (N-methyl/N-ethyl adjacent to an activating group) is 1. The van der Waals surface area contributed by atoms with Crippen LogP contribution in [0.3, 0.4) is 0 Å². The van der Waals surface area contributed by atoms with Gasteiger partial charge in [0.2, 0.25) is 0 Å². The third-order valence-electron chi connectivity index (χ3n) is 12.7. The van der Waals surface area contributed by atoms with Crippen LogP contribution in [-0.2, 0) is 9.53 Å². The molecule has 0 aromatic rings. The second-order valence-corrected chi connectivity index (χ2v) is 14.0. The number of carbonyl (C=O) groups is 2. The maximum Gasteiger partial charge on any atom is 0.407 e. The number of carboxylic acid groups (broad SMARTS) is 1. The normalized spacial score (nSPS) is 48.4. The summed E-state index contributed by atoms with van der Waals surface area (Å²) in [5.74, 6) is 1.87. The summed E-state index contributed by atoms with van der Waals surface area (Å²) >= 11 is 0. The minimum Gasteiger partial charge on any atom is -0.465 e. The van der Waals surface area contributed by atoms with Gasteiger partial charge in [-0.3, -0.25) is 0 Å². The number of hydrogen-bond donors (Lipinski definition) is 2. The molecule has 9 atom stereocenters. The van der Waals surface area contributed by atoms with Crippen molar-refractivity contribution < 1.29 is 24.5 Å². The molecule has 2 N–H and O–H groups in total. The van der Waals surface area contributed by atoms with Gasteiger partial charge in [-0.15, -0.1) is 0 Å². The molecule has 1 unspecified atom stereocenters. The van der Waals surface area contributed by atoms with Crippen molar-refractivity contribution in [3.05, 3.63) is 11.6 Å². The topological polar surface area (TPSA) is 90.3 Å². The number of nitrogens with zero attached hydrogens (tertiary/aromatic N) is 2. The highest BCUT2D eigenvalue weighted by Crippen LogP contribution is 2.70. The Kier molecular flexibility index (Phi) is 6.22. The summed E-state index contributed by atoms with van der Waals surface area (Å²) < 4.78 is 5.27. The monoisotopic (exact) mass is 514 g/mol. The van der Waals surface area contributed by atoms with E-state index in [2.05, 4.69) is 25.8 Å². The van der Waals surface area contributed by atoms with Gasteiger partial charge in [0.25, 0.3) is 0 Å². The van der Waals surface area contributed by atoms with Crippen molar-refractivity contribution in [2.75, 3.05) is 33.3 Å². The second-order valence-electron chi connectivity index (χ2n) is 14.0. The van der Waals surface area contributed by atoms with Crippen LogP contribution in [0.25, 0.3) is 0 Å². The molecule has 0 spiro atoms. The van der Waals surface area contributed by atoms with Gasteiger partial charge in [-0.25, -0.2) is 9.59 Å². The van der Waals surface area contributed by atoms with E-state index in [1.54, 1.807) is 11.0 Å². The molecule has 7 heteroatoms. The summed E-state index contributed by atoms with van der Waals surface area (Å²) in [6.07, 6.45) is 11.3. The lowest BCUT2D eigenvalue weighted by molar-refractivity contribution is -0.207. The first-order valence-electron chi connectivity index (χ1n) is 14.8. The van der Waals surface area contributed by atoms with Gasteiger partial charge < -0.3 is 24.7 Å². The van der Waals surface area contributed by atoms with Crippen LogP contribution in [0.15, 0.2) is 11.6 Å². The Balaban J connectivity index is 1.22. The van der Waals surface area contributed by atoms with Gasteiger partial charge in [0.05, 0.1) is 11.6 Å². The number of hydrogen-bond acceptors (Lipinski definition) is 5. The minimum absolute atomic E-state index is 0.0892. The van der Waals surface area contributed by atoms with E-state index < -0.39 is 11.7 Å². The van der Waals surface area contributed by atoms with Crippen LogP contribution >= 0.6 is 0 Å². The van der Waals surface area contributed by atoms with Gasteiger partial charge in [-0.1, -0.05) is 13.8 Å². The lowest BCUT2D eigenvalue weighted by atomic mass is 9.42. The van der Waals surface area contributed by atoms with Crippen molar-refractivity contribution in [3.8, 4) is 0 Å². The zero-order valence-electron chi connectivity index (χ0n) is 23.0. The molecule has 0 aromatic carbocycles. The molecule has 0 radical (unpaired) electrons. The van der Waals surface area contributed by atoms with E-state index in [-0.39, 0.29) is 28.8 Å². The molecule has 2 aliphatic heterocycles. The first-order chi connectivity index (χ1) is 17.6. The zero-order valence-corrected chi connectivity index (χ0v) is 23.0. The molecule has 1 saturated heterocycles. The summed E-state index contributed by atoms with van der Waals surface area (Å²) in [5.41, 5.74) is 0.437. The first kappa shape index (κ1) is 25.7. The van der Waals surface area contributed by atoms with E-state index in [0.717, 1.165) is 82.9 Å². The van der Waals surface area contributed by atoms with Crippen molar-refractivity contribution in [2.45, 2.75) is 89.7 Å². The van der Waals surface area contributed by atoms with E-state index >= 15 is 0 Å². The highest BCUT2D eigenvalue weighted by molar-refractivity contribution is 5.85. The fourth-order valence-corrected chi connectivity index (χ4v) is 10.6. The predicted molar refractivity (Wildman–Crippen MR) is 140 cm³/mol. The van der Waals surface area contributed by atoms with Gasteiger partial charge in [-0.2, -0.15) is 0 Å². The molecule has 0 bridgehead atoms. The van der Waals surface area contributed by atoms with Gasteiger partial charge in [0.1, 0.15) is 6.61 Å². The average Bonchev–Trinajstić information content (AvgIpc) is 3.32. The molecule has 6 rings (SSSR count). The van der Waals surface area contributed by atoms with Crippen molar-refractivity contribution in [1.82, 2.24) is 9.80 Å². The summed E-state index contributed by atoms with van der Waals surface area (Å²) in [4.78, 5) is 28.1. The molecule has 1 amide bonds. The zero-order chi connectivity index (χ0) is 26.2. The lowest BCUT2D eigenvalue weighted by Crippen LogP contribution is -2.62. The van der Waals surface area contributed by atoms with Crippen molar-refractivity contribution in [2.24, 2.45) is 40.4 Å². The van der Waals surface area contributed by atoms with E-state index in [4.69, 9.17) is 4.74 Å². The molecular formula is C30H46N2O5. The third kappa shape index (κ3) is 3.81. The number of ether oxygens (including phenoxy) is 1. The van der Waals surface area contributed by atoms with Gasteiger partial charge in [0.15, 0.2) is 0 Å². The third-order valence-corrected chi connectivity index (χ3v) is 12.7. The summed E-state index contributed by atoms with van der Waals surface area (Å²) in [6, 6.07) is 0.0892. The largest absolute Gasteiger partial charge is 0.465 e. The molecule has 4 aliphatic carbocycles. The van der Waals surface area contributed by atoms with Crippen LogP contribution in [0, 0.1) is 40.4 Å². The van der Waals surface area contributed by atoms with Crippen LogP contribution in [-0.4, -0.2) is 77.0 Å². The molecule has 6 aliphatic rings. The average molecular weight is 515 g/mol. The number of carbonyl (C=O) groups excluding carboxylic acids is 1. The molecule has 206 valence electrons. The summed E-state index contributed by atoms with van der Waals surface area (Å²) in [5, 5.41) is 22.4. The van der Waals surface area contributed by atoms with Gasteiger partial charge >= 0.3 is 12.1 Å². The van der Waals surface area contributed by atoms with E-state index in [1.807, 2.05) is 0 Å². The molecule has 37 heavy (non-hydrogen) atoms. The fourth-order valence-electron chi connectivity index (χ4n) is 10.6. The van der Waals surface area contributed by atoms with Crippen LogP contribution in [0.5, 0.6) is 0 Å². The van der Waals surface area contributed by atoms with Gasteiger partial charge in [-0.05, 0) is 118 Å².